The zero-order valence-electron chi connectivity index (χ0n) is 11.2. The van der Waals surface area contributed by atoms with E-state index in [0.717, 1.165) is 0 Å². The van der Waals surface area contributed by atoms with Crippen LogP contribution in [0.25, 0.3) is 0 Å². The van der Waals surface area contributed by atoms with Gasteiger partial charge in [0.25, 0.3) is 0 Å². The highest BCUT2D eigenvalue weighted by molar-refractivity contribution is 6.24. The van der Waals surface area contributed by atoms with Gasteiger partial charge in [0.05, 0.1) is 12.7 Å². The van der Waals surface area contributed by atoms with Crippen LogP contribution in [0.1, 0.15) is 32.6 Å². The van der Waals surface area contributed by atoms with E-state index in [4.69, 9.17) is 9.47 Å². The lowest BCUT2D eigenvalue weighted by atomic mass is 9.77. The lowest BCUT2D eigenvalue weighted by molar-refractivity contribution is -0.153. The molecule has 6 heteroatoms. The zero-order valence-corrected chi connectivity index (χ0v) is 11.2. The van der Waals surface area contributed by atoms with Crippen LogP contribution < -0.4 is 5.32 Å². The Bertz CT molecular complexity index is 398. The van der Waals surface area contributed by atoms with E-state index in [-0.39, 0.29) is 18.5 Å². The van der Waals surface area contributed by atoms with Crippen molar-refractivity contribution in [3.05, 3.63) is 0 Å². The summed E-state index contributed by atoms with van der Waals surface area (Å²) in [5.41, 5.74) is -0.885. The van der Waals surface area contributed by atoms with Crippen LogP contribution in [0, 0.1) is 5.92 Å². The smallest absolute Gasteiger partial charge is 0.326 e. The Hall–Kier alpha value is -1.43. The molecule has 1 aliphatic carbocycles. The molecule has 1 heterocycles. The lowest BCUT2D eigenvalue weighted by Gasteiger charge is -2.35. The normalized spacial score (nSPS) is 34.4. The Labute approximate surface area is 111 Å². The lowest BCUT2D eigenvalue weighted by Crippen LogP contribution is -2.50. The summed E-state index contributed by atoms with van der Waals surface area (Å²) in [6.45, 7) is 1.81. The first-order chi connectivity index (χ1) is 9.04. The van der Waals surface area contributed by atoms with Gasteiger partial charge in [-0.3, -0.25) is 14.4 Å². The Morgan fingerprint density at radius 2 is 2.00 bits per heavy atom. The maximum atomic E-state index is 12.4. The second kappa shape index (κ2) is 5.28. The molecule has 2 fully saturated rings. The molecular formula is C13H19NO5. The fraction of sp³-hybridized carbons (Fsp3) is 0.769. The van der Waals surface area contributed by atoms with Gasteiger partial charge in [-0.15, -0.1) is 0 Å². The van der Waals surface area contributed by atoms with Gasteiger partial charge in [0, 0.05) is 7.11 Å². The quantitative estimate of drug-likeness (QED) is 0.584. The minimum atomic E-state index is -1.29. The molecule has 6 nitrogen and oxygen atoms in total. The number of carbonyl (C=O) groups excluding carboxylic acids is 3. The van der Waals surface area contributed by atoms with Crippen molar-refractivity contribution >= 4 is 17.7 Å². The molecule has 106 valence electrons. The molecule has 1 atom stereocenters. The van der Waals surface area contributed by atoms with Crippen molar-refractivity contribution in [2.75, 3.05) is 13.7 Å². The molecule has 0 aromatic heterocycles. The van der Waals surface area contributed by atoms with Crippen LogP contribution in [0.5, 0.6) is 0 Å². The topological polar surface area (TPSA) is 81.7 Å². The summed E-state index contributed by atoms with van der Waals surface area (Å²) in [5.74, 6) is -2.90. The number of methoxy groups -OCH3 is 1. The highest BCUT2D eigenvalue weighted by Gasteiger charge is 2.56. The SMILES string of the molecule is CCOC(=O)C1C(=O)NC2(CCC(OC)CC2)C1=O. The number of nitrogens with one attached hydrogen (secondary N) is 1. The van der Waals surface area contributed by atoms with Crippen molar-refractivity contribution in [3.8, 4) is 0 Å². The van der Waals surface area contributed by atoms with Gasteiger partial charge in [0.2, 0.25) is 5.91 Å². The predicted octanol–water partition coefficient (Wildman–Crippen LogP) is 0.192. The molecule has 0 aromatic rings. The van der Waals surface area contributed by atoms with Gasteiger partial charge < -0.3 is 14.8 Å². The molecule has 1 N–H and O–H groups in total. The predicted molar refractivity (Wildman–Crippen MR) is 65.3 cm³/mol. The van der Waals surface area contributed by atoms with E-state index in [1.165, 1.54) is 0 Å². The number of hydrogen-bond acceptors (Lipinski definition) is 5. The van der Waals surface area contributed by atoms with Crippen molar-refractivity contribution in [2.45, 2.75) is 44.2 Å². The van der Waals surface area contributed by atoms with Crippen molar-refractivity contribution in [3.63, 3.8) is 0 Å². The average molecular weight is 269 g/mol. The number of ketones is 1. The average Bonchev–Trinajstić information content (AvgIpc) is 2.62. The molecule has 0 radical (unpaired) electrons. The highest BCUT2D eigenvalue weighted by Crippen LogP contribution is 2.36. The Morgan fingerprint density at radius 1 is 1.37 bits per heavy atom. The third-order valence-electron chi connectivity index (χ3n) is 4.00. The molecule has 19 heavy (non-hydrogen) atoms. The first-order valence-electron chi connectivity index (χ1n) is 6.60. The molecule has 1 unspecified atom stereocenters. The number of amides is 1. The maximum absolute atomic E-state index is 12.4. The molecule has 1 spiro atoms. The van der Waals surface area contributed by atoms with Gasteiger partial charge in [0.1, 0.15) is 5.54 Å². The Kier molecular flexibility index (Phi) is 3.89. The van der Waals surface area contributed by atoms with Gasteiger partial charge in [-0.25, -0.2) is 0 Å². The molecule has 1 saturated heterocycles. The van der Waals surface area contributed by atoms with E-state index in [1.807, 2.05) is 0 Å². The third-order valence-corrected chi connectivity index (χ3v) is 4.00. The minimum absolute atomic E-state index is 0.122. The first-order valence-corrected chi connectivity index (χ1v) is 6.60. The van der Waals surface area contributed by atoms with E-state index in [1.54, 1.807) is 14.0 Å². The van der Waals surface area contributed by atoms with E-state index >= 15 is 0 Å². The molecule has 1 aliphatic heterocycles. The van der Waals surface area contributed by atoms with Gasteiger partial charge in [-0.1, -0.05) is 0 Å². The van der Waals surface area contributed by atoms with Crippen LogP contribution >= 0.6 is 0 Å². The minimum Gasteiger partial charge on any atom is -0.465 e. The van der Waals surface area contributed by atoms with Crippen LogP contribution in [0.4, 0.5) is 0 Å². The summed E-state index contributed by atoms with van der Waals surface area (Å²) >= 11 is 0. The van der Waals surface area contributed by atoms with Gasteiger partial charge in [-0.05, 0) is 32.6 Å². The van der Waals surface area contributed by atoms with Crippen LogP contribution in [-0.4, -0.2) is 43.0 Å². The number of ether oxygens (including phenoxy) is 2. The second-order valence-corrected chi connectivity index (χ2v) is 5.06. The van der Waals surface area contributed by atoms with E-state index in [0.29, 0.717) is 25.7 Å². The number of carbonyl (C=O) groups is 3. The molecule has 0 aromatic carbocycles. The van der Waals surface area contributed by atoms with Crippen LogP contribution in [0.3, 0.4) is 0 Å². The maximum Gasteiger partial charge on any atom is 0.326 e. The Balaban J connectivity index is 2.12. The second-order valence-electron chi connectivity index (χ2n) is 5.06. The largest absolute Gasteiger partial charge is 0.465 e. The third kappa shape index (κ3) is 2.36. The van der Waals surface area contributed by atoms with E-state index in [9.17, 15) is 14.4 Å². The van der Waals surface area contributed by atoms with Crippen LogP contribution in [0.2, 0.25) is 0 Å². The van der Waals surface area contributed by atoms with Crippen LogP contribution in [0.15, 0.2) is 0 Å². The molecule has 1 saturated carbocycles. The Morgan fingerprint density at radius 3 is 2.53 bits per heavy atom. The fourth-order valence-corrected chi connectivity index (χ4v) is 2.90. The molecule has 0 bridgehead atoms. The fourth-order valence-electron chi connectivity index (χ4n) is 2.90. The molecular weight excluding hydrogens is 250 g/mol. The summed E-state index contributed by atoms with van der Waals surface area (Å²) in [5, 5.41) is 2.71. The van der Waals surface area contributed by atoms with Gasteiger partial charge in [0.15, 0.2) is 11.7 Å². The molecule has 2 aliphatic rings. The molecule has 1 amide bonds. The van der Waals surface area contributed by atoms with Gasteiger partial charge >= 0.3 is 5.97 Å². The summed E-state index contributed by atoms with van der Waals surface area (Å²) in [6.07, 6.45) is 2.57. The van der Waals surface area contributed by atoms with E-state index < -0.39 is 23.3 Å². The van der Waals surface area contributed by atoms with Crippen molar-refractivity contribution in [1.82, 2.24) is 5.32 Å². The summed E-state index contributed by atoms with van der Waals surface area (Å²) in [7, 11) is 1.64. The van der Waals surface area contributed by atoms with Crippen molar-refractivity contribution < 1.29 is 23.9 Å². The monoisotopic (exact) mass is 269 g/mol. The standard InChI is InChI=1S/C13H19NO5/c1-3-19-12(17)9-10(15)13(14-11(9)16)6-4-8(18-2)5-7-13/h8-9H,3-7H2,1-2H3,(H,14,16). The van der Waals surface area contributed by atoms with Crippen molar-refractivity contribution in [2.24, 2.45) is 5.92 Å². The number of hydrogen-bond donors (Lipinski definition) is 1. The highest BCUT2D eigenvalue weighted by atomic mass is 16.5. The number of rotatable bonds is 3. The summed E-state index contributed by atoms with van der Waals surface area (Å²) in [4.78, 5) is 35.9. The summed E-state index contributed by atoms with van der Waals surface area (Å²) in [6, 6.07) is 0. The molecule has 2 rings (SSSR count). The van der Waals surface area contributed by atoms with E-state index in [2.05, 4.69) is 5.32 Å². The van der Waals surface area contributed by atoms with Gasteiger partial charge in [-0.2, -0.15) is 0 Å². The summed E-state index contributed by atoms with van der Waals surface area (Å²) < 4.78 is 10.1. The van der Waals surface area contributed by atoms with Crippen LogP contribution in [-0.2, 0) is 23.9 Å². The number of esters is 1. The zero-order chi connectivity index (χ0) is 14.0. The van der Waals surface area contributed by atoms with Crippen molar-refractivity contribution in [1.29, 1.82) is 0 Å². The number of Topliss-reactive ketones (excluding diaryl/α,β-unsaturated/α-hetero) is 1. The first kappa shape index (κ1) is 14.0.